The summed E-state index contributed by atoms with van der Waals surface area (Å²) >= 11 is 0. The molecule has 0 unspecified atom stereocenters. The highest BCUT2D eigenvalue weighted by Crippen LogP contribution is 2.28. The first-order valence-electron chi connectivity index (χ1n) is 7.27. The zero-order valence-corrected chi connectivity index (χ0v) is 11.6. The summed E-state index contributed by atoms with van der Waals surface area (Å²) in [6.45, 7) is 0. The molecule has 1 aromatic heterocycles. The van der Waals surface area contributed by atoms with E-state index in [1.54, 1.807) is 0 Å². The van der Waals surface area contributed by atoms with Gasteiger partial charge in [0.2, 0.25) is 0 Å². The Morgan fingerprint density at radius 2 is 2.00 bits per heavy atom. The quantitative estimate of drug-likeness (QED) is 0.793. The number of nitrogens with zero attached hydrogens (tertiary/aromatic N) is 1. The van der Waals surface area contributed by atoms with Gasteiger partial charge in [-0.1, -0.05) is 31.4 Å². The summed E-state index contributed by atoms with van der Waals surface area (Å²) < 4.78 is 2.18. The minimum atomic E-state index is 0.755. The number of rotatable bonds is 2. The average Bonchev–Trinajstić information content (AvgIpc) is 2.79. The molecule has 1 aliphatic carbocycles. The Kier molecular flexibility index (Phi) is 3.33. The second-order valence-electron chi connectivity index (χ2n) is 5.73. The van der Waals surface area contributed by atoms with Crippen LogP contribution in [0.1, 0.15) is 37.7 Å². The highest BCUT2D eigenvalue weighted by Gasteiger charge is 2.10. The zero-order chi connectivity index (χ0) is 13.2. The van der Waals surface area contributed by atoms with Crippen molar-refractivity contribution in [2.24, 2.45) is 13.0 Å². The molecule has 2 N–H and O–H groups in total. The second-order valence-corrected chi connectivity index (χ2v) is 5.73. The van der Waals surface area contributed by atoms with Crippen molar-refractivity contribution in [2.45, 2.75) is 32.1 Å². The molecule has 3 rings (SSSR count). The number of allylic oxidation sites excluding steroid dienone is 1. The van der Waals surface area contributed by atoms with Crippen LogP contribution >= 0.6 is 0 Å². The van der Waals surface area contributed by atoms with Crippen molar-refractivity contribution in [2.75, 3.05) is 5.73 Å². The van der Waals surface area contributed by atoms with E-state index < -0.39 is 0 Å². The Morgan fingerprint density at radius 1 is 1.21 bits per heavy atom. The molecule has 2 heteroatoms. The van der Waals surface area contributed by atoms with Crippen LogP contribution in [0, 0.1) is 5.92 Å². The van der Waals surface area contributed by atoms with Crippen LogP contribution in [0.5, 0.6) is 0 Å². The topological polar surface area (TPSA) is 30.9 Å². The van der Waals surface area contributed by atoms with Crippen LogP contribution in [0.2, 0.25) is 0 Å². The summed E-state index contributed by atoms with van der Waals surface area (Å²) in [5.74, 6) is 0.755. The van der Waals surface area contributed by atoms with Gasteiger partial charge < -0.3 is 10.3 Å². The van der Waals surface area contributed by atoms with E-state index in [9.17, 15) is 0 Å². The molecule has 0 radical (unpaired) electrons. The number of hydrogen-bond donors (Lipinski definition) is 1. The maximum Gasteiger partial charge on any atom is 0.0552 e. The molecule has 2 aromatic rings. The fourth-order valence-corrected chi connectivity index (χ4v) is 3.20. The van der Waals surface area contributed by atoms with Crippen LogP contribution in [0.4, 0.5) is 5.69 Å². The van der Waals surface area contributed by atoms with Crippen LogP contribution in [0.3, 0.4) is 0 Å². The van der Waals surface area contributed by atoms with Gasteiger partial charge in [0.05, 0.1) is 5.52 Å². The molecular weight excluding hydrogens is 232 g/mol. The number of aryl methyl sites for hydroxylation is 1. The second kappa shape index (κ2) is 5.12. The van der Waals surface area contributed by atoms with Crippen molar-refractivity contribution in [3.8, 4) is 0 Å². The first-order valence-corrected chi connectivity index (χ1v) is 7.27. The molecular formula is C17H22N2. The lowest BCUT2D eigenvalue weighted by atomic mass is 9.88. The monoisotopic (exact) mass is 254 g/mol. The van der Waals surface area contributed by atoms with Crippen molar-refractivity contribution in [3.05, 3.63) is 36.0 Å². The molecule has 2 nitrogen and oxygen atoms in total. The minimum Gasteiger partial charge on any atom is -0.399 e. The van der Waals surface area contributed by atoms with Gasteiger partial charge in [0, 0.05) is 29.9 Å². The first-order chi connectivity index (χ1) is 9.24. The van der Waals surface area contributed by atoms with Gasteiger partial charge in [0.25, 0.3) is 0 Å². The van der Waals surface area contributed by atoms with Gasteiger partial charge in [-0.15, -0.1) is 0 Å². The number of hydrogen-bond acceptors (Lipinski definition) is 1. The summed E-state index contributed by atoms with van der Waals surface area (Å²) in [5.41, 5.74) is 9.37. The van der Waals surface area contributed by atoms with Gasteiger partial charge >= 0.3 is 0 Å². The van der Waals surface area contributed by atoms with Crippen molar-refractivity contribution in [1.29, 1.82) is 0 Å². The van der Waals surface area contributed by atoms with E-state index in [1.165, 1.54) is 48.6 Å². The lowest BCUT2D eigenvalue weighted by molar-refractivity contribution is 0.420. The van der Waals surface area contributed by atoms with Crippen LogP contribution in [0.15, 0.2) is 30.5 Å². The smallest absolute Gasteiger partial charge is 0.0552 e. The summed E-state index contributed by atoms with van der Waals surface area (Å²) in [6.07, 6.45) is 13.6. The van der Waals surface area contributed by atoms with E-state index in [4.69, 9.17) is 5.73 Å². The molecule has 1 aliphatic rings. The van der Waals surface area contributed by atoms with Crippen molar-refractivity contribution >= 4 is 22.7 Å². The Balaban J connectivity index is 1.94. The van der Waals surface area contributed by atoms with Crippen molar-refractivity contribution < 1.29 is 0 Å². The van der Waals surface area contributed by atoms with E-state index >= 15 is 0 Å². The molecule has 0 bridgehead atoms. The van der Waals surface area contributed by atoms with Crippen LogP contribution < -0.4 is 5.73 Å². The molecule has 0 aliphatic heterocycles. The van der Waals surface area contributed by atoms with Gasteiger partial charge in [-0.3, -0.25) is 0 Å². The predicted molar refractivity (Wildman–Crippen MR) is 82.9 cm³/mol. The van der Waals surface area contributed by atoms with E-state index in [2.05, 4.69) is 42.1 Å². The number of fused-ring (bicyclic) bond motifs is 1. The molecule has 0 saturated heterocycles. The predicted octanol–water partition coefficient (Wildman–Crippen LogP) is 4.35. The van der Waals surface area contributed by atoms with E-state index in [0.29, 0.717) is 0 Å². The number of benzene rings is 1. The molecule has 1 saturated carbocycles. The highest BCUT2D eigenvalue weighted by atomic mass is 14.9. The Hall–Kier alpha value is -1.70. The summed E-state index contributed by atoms with van der Waals surface area (Å²) in [5, 5.41) is 1.23. The molecule has 100 valence electrons. The summed E-state index contributed by atoms with van der Waals surface area (Å²) in [6, 6.07) is 6.26. The van der Waals surface area contributed by atoms with Crippen molar-refractivity contribution in [3.63, 3.8) is 0 Å². The van der Waals surface area contributed by atoms with Gasteiger partial charge in [0.1, 0.15) is 0 Å². The largest absolute Gasteiger partial charge is 0.399 e. The SMILES string of the molecule is Cn1ccc2cc(N)cc(/C=C/C3CCCCC3)c21. The van der Waals surface area contributed by atoms with Crippen LogP contribution in [0.25, 0.3) is 17.0 Å². The van der Waals surface area contributed by atoms with Crippen molar-refractivity contribution in [1.82, 2.24) is 4.57 Å². The third-order valence-corrected chi connectivity index (χ3v) is 4.22. The molecule has 1 aromatic carbocycles. The molecule has 1 fully saturated rings. The van der Waals surface area contributed by atoms with Gasteiger partial charge in [-0.05, 0) is 37.0 Å². The number of anilines is 1. The number of aromatic nitrogens is 1. The fourth-order valence-electron chi connectivity index (χ4n) is 3.20. The average molecular weight is 254 g/mol. The fraction of sp³-hybridized carbons (Fsp3) is 0.412. The van der Waals surface area contributed by atoms with E-state index in [-0.39, 0.29) is 0 Å². The molecule has 19 heavy (non-hydrogen) atoms. The zero-order valence-electron chi connectivity index (χ0n) is 11.6. The molecule has 0 atom stereocenters. The molecule has 1 heterocycles. The molecule has 0 amide bonds. The third kappa shape index (κ3) is 2.53. The Labute approximate surface area is 114 Å². The van der Waals surface area contributed by atoms with Crippen LogP contribution in [-0.4, -0.2) is 4.57 Å². The number of nitrogen functional groups attached to an aromatic ring is 1. The third-order valence-electron chi connectivity index (χ3n) is 4.22. The molecule has 0 spiro atoms. The van der Waals surface area contributed by atoms with Gasteiger partial charge in [-0.2, -0.15) is 0 Å². The maximum atomic E-state index is 6.00. The van der Waals surface area contributed by atoms with Crippen LogP contribution in [-0.2, 0) is 7.05 Å². The summed E-state index contributed by atoms with van der Waals surface area (Å²) in [4.78, 5) is 0. The normalized spacial score (nSPS) is 17.5. The lowest BCUT2D eigenvalue weighted by Crippen LogP contribution is -2.02. The first kappa shape index (κ1) is 12.3. The lowest BCUT2D eigenvalue weighted by Gasteiger charge is -2.17. The van der Waals surface area contributed by atoms with E-state index in [1.807, 2.05) is 6.07 Å². The van der Waals surface area contributed by atoms with E-state index in [0.717, 1.165) is 11.6 Å². The number of nitrogens with two attached hydrogens (primary N) is 1. The Morgan fingerprint density at radius 3 is 2.79 bits per heavy atom. The summed E-state index contributed by atoms with van der Waals surface area (Å²) in [7, 11) is 2.09. The highest BCUT2D eigenvalue weighted by molar-refractivity contribution is 5.91. The Bertz CT molecular complexity index is 601. The maximum absolute atomic E-state index is 6.00. The van der Waals surface area contributed by atoms with Gasteiger partial charge in [0.15, 0.2) is 0 Å². The van der Waals surface area contributed by atoms with Gasteiger partial charge in [-0.25, -0.2) is 0 Å². The standard InChI is InChI=1S/C17H22N2/c1-19-10-9-15-12-16(18)11-14(17(15)19)8-7-13-5-3-2-4-6-13/h7-13H,2-6,18H2,1H3/b8-7+. The minimum absolute atomic E-state index is 0.755.